The van der Waals surface area contributed by atoms with Crippen molar-refractivity contribution in [2.45, 2.75) is 32.2 Å². The van der Waals surface area contributed by atoms with E-state index in [4.69, 9.17) is 4.74 Å². The van der Waals surface area contributed by atoms with Crippen molar-refractivity contribution >= 4 is 11.9 Å². The predicted molar refractivity (Wildman–Crippen MR) is 78.2 cm³/mol. The van der Waals surface area contributed by atoms with E-state index in [1.165, 1.54) is 0 Å². The maximum absolute atomic E-state index is 12.4. The molecule has 5 heteroatoms. The van der Waals surface area contributed by atoms with Gasteiger partial charge in [0.05, 0.1) is 19.4 Å². The number of likely N-dealkylation sites (tertiary alicyclic amines) is 1. The molecule has 2 atom stereocenters. The Hall–Kier alpha value is -2.04. The van der Waals surface area contributed by atoms with Gasteiger partial charge in [-0.05, 0) is 37.5 Å². The lowest BCUT2D eigenvalue weighted by Crippen LogP contribution is -2.49. The minimum atomic E-state index is -0.818. The number of ether oxygens (including phenoxy) is 1. The number of hydrogen-bond acceptors (Lipinski definition) is 3. The smallest absolute Gasteiger partial charge is 0.308 e. The number of hydrogen-bond donors (Lipinski definition) is 1. The van der Waals surface area contributed by atoms with Crippen LogP contribution in [0.15, 0.2) is 24.3 Å². The Balaban J connectivity index is 2.06. The third-order valence-corrected chi connectivity index (χ3v) is 4.12. The zero-order chi connectivity index (χ0) is 15.4. The fourth-order valence-electron chi connectivity index (χ4n) is 2.88. The first-order valence-corrected chi connectivity index (χ1v) is 7.18. The molecule has 0 saturated carbocycles. The second-order valence-electron chi connectivity index (χ2n) is 5.44. The first-order chi connectivity index (χ1) is 10.0. The van der Waals surface area contributed by atoms with Gasteiger partial charge < -0.3 is 14.7 Å². The quantitative estimate of drug-likeness (QED) is 0.920. The zero-order valence-electron chi connectivity index (χ0n) is 12.4. The average molecular weight is 291 g/mol. The van der Waals surface area contributed by atoms with Gasteiger partial charge >= 0.3 is 5.97 Å². The third kappa shape index (κ3) is 3.54. The van der Waals surface area contributed by atoms with Gasteiger partial charge in [0.1, 0.15) is 5.75 Å². The van der Waals surface area contributed by atoms with Gasteiger partial charge in [0.25, 0.3) is 0 Å². The lowest BCUT2D eigenvalue weighted by atomic mass is 9.90. The molecular weight excluding hydrogens is 270 g/mol. The lowest BCUT2D eigenvalue weighted by molar-refractivity contribution is -0.148. The second kappa shape index (κ2) is 6.61. The summed E-state index contributed by atoms with van der Waals surface area (Å²) in [7, 11) is 1.59. The van der Waals surface area contributed by atoms with E-state index in [1.807, 2.05) is 31.2 Å². The van der Waals surface area contributed by atoms with Crippen LogP contribution in [-0.2, 0) is 16.0 Å². The Labute approximate surface area is 124 Å². The molecule has 1 aliphatic rings. The van der Waals surface area contributed by atoms with Gasteiger partial charge in [-0.3, -0.25) is 9.59 Å². The van der Waals surface area contributed by atoms with Crippen LogP contribution in [-0.4, -0.2) is 41.6 Å². The highest BCUT2D eigenvalue weighted by atomic mass is 16.5. The predicted octanol–water partition coefficient (Wildman–Crippen LogP) is 1.95. The third-order valence-electron chi connectivity index (χ3n) is 4.12. The first kappa shape index (κ1) is 15.4. The summed E-state index contributed by atoms with van der Waals surface area (Å²) < 4.78 is 5.15. The van der Waals surface area contributed by atoms with E-state index in [-0.39, 0.29) is 18.4 Å². The average Bonchev–Trinajstić information content (AvgIpc) is 2.47. The topological polar surface area (TPSA) is 66.8 Å². The number of carbonyl (C=O) groups excluding carboxylic acids is 1. The largest absolute Gasteiger partial charge is 0.497 e. The standard InChI is InChI=1S/C16H21NO4/c1-11-14(16(19)20)7-4-8-17(11)15(18)10-12-5-3-6-13(9-12)21-2/h3,5-6,9,11,14H,4,7-8,10H2,1-2H3,(H,19,20)/t11-,14-/m0/s1. The summed E-state index contributed by atoms with van der Waals surface area (Å²) in [6.07, 6.45) is 1.65. The van der Waals surface area contributed by atoms with Crippen LogP contribution in [0.4, 0.5) is 0 Å². The zero-order valence-corrected chi connectivity index (χ0v) is 12.4. The molecule has 2 rings (SSSR count). The van der Waals surface area contributed by atoms with Crippen LogP contribution in [0.2, 0.25) is 0 Å². The highest BCUT2D eigenvalue weighted by Gasteiger charge is 2.35. The minimum absolute atomic E-state index is 0.0262. The highest BCUT2D eigenvalue weighted by Crippen LogP contribution is 2.25. The van der Waals surface area contributed by atoms with Crippen molar-refractivity contribution in [1.82, 2.24) is 4.90 Å². The minimum Gasteiger partial charge on any atom is -0.497 e. The van der Waals surface area contributed by atoms with Crippen LogP contribution in [0.25, 0.3) is 0 Å². The summed E-state index contributed by atoms with van der Waals surface area (Å²) in [6.45, 7) is 2.45. The summed E-state index contributed by atoms with van der Waals surface area (Å²) in [5.41, 5.74) is 0.879. The number of methoxy groups -OCH3 is 1. The van der Waals surface area contributed by atoms with Gasteiger partial charge in [-0.2, -0.15) is 0 Å². The molecular formula is C16H21NO4. The summed E-state index contributed by atoms with van der Waals surface area (Å²) in [5.74, 6) is -0.591. The number of amides is 1. The number of rotatable bonds is 4. The molecule has 1 N–H and O–H groups in total. The number of carboxylic acid groups (broad SMARTS) is 1. The van der Waals surface area contributed by atoms with Gasteiger partial charge in [0, 0.05) is 12.6 Å². The molecule has 1 fully saturated rings. The van der Waals surface area contributed by atoms with Crippen LogP contribution in [0.1, 0.15) is 25.3 Å². The number of nitrogens with zero attached hydrogens (tertiary/aromatic N) is 1. The van der Waals surface area contributed by atoms with Gasteiger partial charge in [-0.15, -0.1) is 0 Å². The van der Waals surface area contributed by atoms with Crippen molar-refractivity contribution < 1.29 is 19.4 Å². The van der Waals surface area contributed by atoms with Crippen LogP contribution in [0.3, 0.4) is 0 Å². The van der Waals surface area contributed by atoms with Gasteiger partial charge in [0.2, 0.25) is 5.91 Å². The molecule has 0 spiro atoms. The van der Waals surface area contributed by atoms with E-state index in [2.05, 4.69) is 0 Å². The van der Waals surface area contributed by atoms with E-state index < -0.39 is 11.9 Å². The molecule has 1 aliphatic heterocycles. The molecule has 0 aliphatic carbocycles. The number of carbonyl (C=O) groups is 2. The summed E-state index contributed by atoms with van der Waals surface area (Å²) in [6, 6.07) is 7.14. The van der Waals surface area contributed by atoms with E-state index in [9.17, 15) is 14.7 Å². The molecule has 1 saturated heterocycles. The summed E-state index contributed by atoms with van der Waals surface area (Å²) in [5, 5.41) is 9.21. The van der Waals surface area contributed by atoms with Crippen LogP contribution in [0, 0.1) is 5.92 Å². The van der Waals surface area contributed by atoms with Crippen molar-refractivity contribution in [3.05, 3.63) is 29.8 Å². The number of benzene rings is 1. The SMILES string of the molecule is COc1cccc(CC(=O)N2CCC[C@H](C(=O)O)[C@@H]2C)c1. The Morgan fingerprint density at radius 3 is 2.86 bits per heavy atom. The fourth-order valence-corrected chi connectivity index (χ4v) is 2.88. The molecule has 114 valence electrons. The lowest BCUT2D eigenvalue weighted by Gasteiger charge is -2.37. The molecule has 0 aromatic heterocycles. The van der Waals surface area contributed by atoms with Crippen molar-refractivity contribution in [1.29, 1.82) is 0 Å². The maximum atomic E-state index is 12.4. The first-order valence-electron chi connectivity index (χ1n) is 7.18. The van der Waals surface area contributed by atoms with Crippen molar-refractivity contribution in [3.63, 3.8) is 0 Å². The van der Waals surface area contributed by atoms with Crippen LogP contribution < -0.4 is 4.74 Å². The van der Waals surface area contributed by atoms with Gasteiger partial charge in [-0.25, -0.2) is 0 Å². The Morgan fingerprint density at radius 2 is 2.19 bits per heavy atom. The molecule has 1 amide bonds. The molecule has 0 bridgehead atoms. The number of carboxylic acids is 1. The highest BCUT2D eigenvalue weighted by molar-refractivity contribution is 5.80. The van der Waals surface area contributed by atoms with Crippen LogP contribution in [0.5, 0.6) is 5.75 Å². The van der Waals surface area contributed by atoms with E-state index in [1.54, 1.807) is 12.0 Å². The van der Waals surface area contributed by atoms with Crippen molar-refractivity contribution in [2.75, 3.05) is 13.7 Å². The van der Waals surface area contributed by atoms with Crippen molar-refractivity contribution in [2.24, 2.45) is 5.92 Å². The normalized spacial score (nSPS) is 21.9. The molecule has 1 aromatic carbocycles. The monoisotopic (exact) mass is 291 g/mol. The van der Waals surface area contributed by atoms with Gasteiger partial charge in [-0.1, -0.05) is 12.1 Å². The molecule has 0 unspecified atom stereocenters. The Morgan fingerprint density at radius 1 is 1.43 bits per heavy atom. The number of aliphatic carboxylic acids is 1. The Bertz CT molecular complexity index is 529. The van der Waals surface area contributed by atoms with Gasteiger partial charge in [0.15, 0.2) is 0 Å². The van der Waals surface area contributed by atoms with E-state index in [0.29, 0.717) is 13.0 Å². The van der Waals surface area contributed by atoms with E-state index in [0.717, 1.165) is 17.7 Å². The molecule has 0 radical (unpaired) electrons. The molecule has 1 heterocycles. The second-order valence-corrected chi connectivity index (χ2v) is 5.44. The molecule has 21 heavy (non-hydrogen) atoms. The van der Waals surface area contributed by atoms with E-state index >= 15 is 0 Å². The number of piperidine rings is 1. The fraction of sp³-hybridized carbons (Fsp3) is 0.500. The summed E-state index contributed by atoms with van der Waals surface area (Å²) >= 11 is 0. The molecule has 5 nitrogen and oxygen atoms in total. The van der Waals surface area contributed by atoms with Crippen LogP contribution >= 0.6 is 0 Å². The summed E-state index contributed by atoms with van der Waals surface area (Å²) in [4.78, 5) is 25.4. The molecule has 1 aromatic rings. The maximum Gasteiger partial charge on any atom is 0.308 e. The Kier molecular flexibility index (Phi) is 4.83. The van der Waals surface area contributed by atoms with Crippen molar-refractivity contribution in [3.8, 4) is 5.75 Å².